The van der Waals surface area contributed by atoms with Gasteiger partial charge in [0.15, 0.2) is 0 Å². The molecule has 1 atom stereocenters. The smallest absolute Gasteiger partial charge is 0.378 e. The van der Waals surface area contributed by atoms with Crippen LogP contribution in [0.1, 0.15) is 39.0 Å². The van der Waals surface area contributed by atoms with Gasteiger partial charge in [0.05, 0.1) is 6.61 Å². The van der Waals surface area contributed by atoms with E-state index in [0.29, 0.717) is 6.42 Å². The van der Waals surface area contributed by atoms with Crippen LogP contribution in [0.15, 0.2) is 0 Å². The van der Waals surface area contributed by atoms with E-state index in [1.54, 1.807) is 0 Å². The summed E-state index contributed by atoms with van der Waals surface area (Å²) < 4.78 is 40.4. The molecule has 3 nitrogen and oxygen atoms in total. The van der Waals surface area contributed by atoms with E-state index in [0.717, 1.165) is 25.7 Å². The van der Waals surface area contributed by atoms with Crippen LogP contribution in [-0.2, 0) is 9.53 Å². The van der Waals surface area contributed by atoms with Crippen LogP contribution in [0.2, 0.25) is 0 Å². The molecule has 0 heterocycles. The molecule has 0 radical (unpaired) electrons. The molecule has 0 aromatic carbocycles. The molecule has 0 fully saturated rings. The molecule has 0 aliphatic heterocycles. The highest BCUT2D eigenvalue weighted by molar-refractivity contribution is 5.77. The molecule has 0 aromatic heterocycles. The first-order valence-electron chi connectivity index (χ1n) is 5.29. The minimum Gasteiger partial charge on any atom is -0.461 e. The number of esters is 1. The van der Waals surface area contributed by atoms with Gasteiger partial charge in [-0.3, -0.25) is 0 Å². The molecule has 0 amide bonds. The highest BCUT2D eigenvalue weighted by Crippen LogP contribution is 2.19. The van der Waals surface area contributed by atoms with Crippen LogP contribution in [0.5, 0.6) is 0 Å². The third kappa shape index (κ3) is 5.34. The van der Waals surface area contributed by atoms with Crippen molar-refractivity contribution in [3.05, 3.63) is 0 Å². The van der Waals surface area contributed by atoms with Gasteiger partial charge >= 0.3 is 18.2 Å². The van der Waals surface area contributed by atoms with Crippen LogP contribution < -0.4 is 0 Å². The van der Waals surface area contributed by atoms with Gasteiger partial charge in [0.25, 0.3) is 0 Å². The van der Waals surface area contributed by atoms with Gasteiger partial charge in [0, 0.05) is 0 Å². The summed E-state index contributed by atoms with van der Waals surface area (Å²) in [4.78, 5) is 10.7. The van der Waals surface area contributed by atoms with E-state index < -0.39 is 18.2 Å². The summed E-state index contributed by atoms with van der Waals surface area (Å²) in [6, 6.07) is 0. The Morgan fingerprint density at radius 2 is 1.88 bits per heavy atom. The van der Waals surface area contributed by atoms with E-state index in [-0.39, 0.29) is 6.61 Å². The van der Waals surface area contributed by atoms with E-state index in [4.69, 9.17) is 5.11 Å². The third-order valence-electron chi connectivity index (χ3n) is 2.06. The minimum absolute atomic E-state index is 0.151. The molecule has 0 saturated carbocycles. The molecule has 0 aliphatic rings. The van der Waals surface area contributed by atoms with Gasteiger partial charge in [-0.1, -0.05) is 32.6 Å². The van der Waals surface area contributed by atoms with Crippen molar-refractivity contribution in [2.24, 2.45) is 0 Å². The predicted molar refractivity (Wildman–Crippen MR) is 51.8 cm³/mol. The van der Waals surface area contributed by atoms with Crippen molar-refractivity contribution in [3.8, 4) is 0 Å². The number of alkyl halides is 3. The lowest BCUT2D eigenvalue weighted by atomic mass is 10.2. The van der Waals surface area contributed by atoms with Crippen molar-refractivity contribution in [3.63, 3.8) is 0 Å². The quantitative estimate of drug-likeness (QED) is 0.525. The van der Waals surface area contributed by atoms with Crippen LogP contribution in [0.3, 0.4) is 0 Å². The Kier molecular flexibility index (Phi) is 7.12. The van der Waals surface area contributed by atoms with Crippen molar-refractivity contribution in [2.75, 3.05) is 6.61 Å². The summed E-state index contributed by atoms with van der Waals surface area (Å²) in [6.07, 6.45) is 0.502. The molecule has 1 N–H and O–H groups in total. The van der Waals surface area contributed by atoms with Crippen LogP contribution in [0, 0.1) is 0 Å². The standard InChI is InChI=1S/C10H17F3O3/c1-2-3-4-5-6-7-16-9(14)10(13,15)8(11)12/h8,15H,2-7H2,1H3. The molecule has 6 heteroatoms. The predicted octanol–water partition coefficient (Wildman–Crippen LogP) is 2.42. The summed E-state index contributed by atoms with van der Waals surface area (Å²) in [5, 5.41) is 8.41. The monoisotopic (exact) mass is 242 g/mol. The van der Waals surface area contributed by atoms with Crippen molar-refractivity contribution in [1.29, 1.82) is 0 Å². The molecule has 0 aromatic rings. The average molecular weight is 242 g/mol. The maximum Gasteiger partial charge on any atom is 0.378 e. The normalized spacial score (nSPS) is 14.9. The zero-order chi connectivity index (χ0) is 12.6. The highest BCUT2D eigenvalue weighted by atomic mass is 19.3. The Balaban J connectivity index is 3.66. The zero-order valence-electron chi connectivity index (χ0n) is 9.22. The van der Waals surface area contributed by atoms with E-state index in [9.17, 15) is 18.0 Å². The summed E-state index contributed by atoms with van der Waals surface area (Å²) >= 11 is 0. The number of hydrogen-bond donors (Lipinski definition) is 1. The largest absolute Gasteiger partial charge is 0.461 e. The summed E-state index contributed by atoms with van der Waals surface area (Å²) in [5.74, 6) is -6.11. The molecule has 0 aliphatic carbocycles. The van der Waals surface area contributed by atoms with E-state index in [2.05, 4.69) is 4.74 Å². The number of hydrogen-bond acceptors (Lipinski definition) is 3. The van der Waals surface area contributed by atoms with Gasteiger partial charge in [0.1, 0.15) is 0 Å². The fraction of sp³-hybridized carbons (Fsp3) is 0.900. The molecule has 96 valence electrons. The number of unbranched alkanes of at least 4 members (excludes halogenated alkanes) is 4. The van der Waals surface area contributed by atoms with E-state index >= 15 is 0 Å². The van der Waals surface area contributed by atoms with Gasteiger partial charge in [0.2, 0.25) is 0 Å². The molecule has 16 heavy (non-hydrogen) atoms. The Morgan fingerprint density at radius 1 is 1.31 bits per heavy atom. The van der Waals surface area contributed by atoms with Crippen LogP contribution >= 0.6 is 0 Å². The number of halogens is 3. The fourth-order valence-corrected chi connectivity index (χ4v) is 1.06. The highest BCUT2D eigenvalue weighted by Gasteiger charge is 2.48. The molecular weight excluding hydrogens is 225 g/mol. The number of aliphatic hydroxyl groups is 1. The Morgan fingerprint density at radius 3 is 2.38 bits per heavy atom. The fourth-order valence-electron chi connectivity index (χ4n) is 1.06. The van der Waals surface area contributed by atoms with Gasteiger partial charge in [-0.2, -0.15) is 4.39 Å². The van der Waals surface area contributed by atoms with Gasteiger partial charge in [-0.15, -0.1) is 0 Å². The maximum atomic E-state index is 12.6. The first-order chi connectivity index (χ1) is 7.42. The SMILES string of the molecule is CCCCCCCOC(=O)C(O)(F)C(F)F. The number of ether oxygens (including phenoxy) is 1. The topological polar surface area (TPSA) is 46.5 Å². The lowest BCUT2D eigenvalue weighted by Crippen LogP contribution is -2.42. The first kappa shape index (κ1) is 15.2. The van der Waals surface area contributed by atoms with Gasteiger partial charge in [-0.25, -0.2) is 13.6 Å². The third-order valence-corrected chi connectivity index (χ3v) is 2.06. The Hall–Kier alpha value is -0.780. The van der Waals surface area contributed by atoms with Crippen molar-refractivity contribution >= 4 is 5.97 Å². The van der Waals surface area contributed by atoms with Crippen LogP contribution in [-0.4, -0.2) is 30.0 Å². The number of carbonyl (C=O) groups is 1. The second kappa shape index (κ2) is 7.49. The van der Waals surface area contributed by atoms with E-state index in [1.165, 1.54) is 0 Å². The first-order valence-corrected chi connectivity index (χ1v) is 5.29. The summed E-state index contributed by atoms with van der Waals surface area (Å²) in [6.45, 7) is 1.88. The molecular formula is C10H17F3O3. The molecule has 0 saturated heterocycles. The molecule has 0 spiro atoms. The van der Waals surface area contributed by atoms with Gasteiger partial charge in [-0.05, 0) is 6.42 Å². The van der Waals surface area contributed by atoms with Crippen LogP contribution in [0.4, 0.5) is 13.2 Å². The van der Waals surface area contributed by atoms with Gasteiger partial charge < -0.3 is 9.84 Å². The molecule has 1 unspecified atom stereocenters. The summed E-state index contributed by atoms with van der Waals surface area (Å²) in [7, 11) is 0. The molecule has 0 rings (SSSR count). The number of carbonyl (C=O) groups excluding carboxylic acids is 1. The average Bonchev–Trinajstić information content (AvgIpc) is 2.22. The lowest BCUT2D eigenvalue weighted by molar-refractivity contribution is -0.218. The Bertz CT molecular complexity index is 207. The van der Waals surface area contributed by atoms with Crippen LogP contribution in [0.25, 0.3) is 0 Å². The van der Waals surface area contributed by atoms with Crippen molar-refractivity contribution in [1.82, 2.24) is 0 Å². The second-order valence-electron chi connectivity index (χ2n) is 3.52. The number of rotatable bonds is 8. The van der Waals surface area contributed by atoms with Crippen molar-refractivity contribution in [2.45, 2.75) is 51.3 Å². The maximum absolute atomic E-state index is 12.6. The molecule has 0 bridgehead atoms. The van der Waals surface area contributed by atoms with E-state index in [1.807, 2.05) is 6.92 Å². The Labute approximate surface area is 92.6 Å². The minimum atomic E-state index is -4.19. The second-order valence-corrected chi connectivity index (χ2v) is 3.52. The lowest BCUT2D eigenvalue weighted by Gasteiger charge is -2.15. The summed E-state index contributed by atoms with van der Waals surface area (Å²) in [5.41, 5.74) is 0. The van der Waals surface area contributed by atoms with Crippen molar-refractivity contribution < 1.29 is 27.8 Å². The zero-order valence-corrected chi connectivity index (χ0v) is 9.22.